The van der Waals surface area contributed by atoms with Crippen LogP contribution in [-0.4, -0.2) is 19.3 Å². The summed E-state index contributed by atoms with van der Waals surface area (Å²) in [5.41, 5.74) is 5.05. The van der Waals surface area contributed by atoms with Crippen LogP contribution < -0.4 is 10.5 Å². The lowest BCUT2D eigenvalue weighted by atomic mass is 9.91. The molecule has 0 saturated carbocycles. The lowest BCUT2D eigenvalue weighted by molar-refractivity contribution is 0.157. The van der Waals surface area contributed by atoms with Gasteiger partial charge in [0.1, 0.15) is 11.4 Å². The van der Waals surface area contributed by atoms with E-state index in [1.807, 2.05) is 25.1 Å². The Morgan fingerprint density at radius 3 is 2.71 bits per heavy atom. The van der Waals surface area contributed by atoms with Crippen LogP contribution in [0.15, 0.2) is 22.7 Å². The molecule has 1 unspecified atom stereocenters. The van der Waals surface area contributed by atoms with E-state index < -0.39 is 5.67 Å². The Morgan fingerprint density at radius 1 is 1.47 bits per heavy atom. The third-order valence-corrected chi connectivity index (χ3v) is 3.31. The van der Waals surface area contributed by atoms with E-state index in [9.17, 15) is 4.39 Å². The Labute approximate surface area is 110 Å². The summed E-state index contributed by atoms with van der Waals surface area (Å²) >= 11 is 3.38. The van der Waals surface area contributed by atoms with Gasteiger partial charge in [0.05, 0.1) is 7.11 Å². The highest BCUT2D eigenvalue weighted by Gasteiger charge is 2.28. The number of ether oxygens (including phenoxy) is 1. The maximum Gasteiger partial charge on any atom is 0.127 e. The molecule has 0 fully saturated rings. The van der Waals surface area contributed by atoms with Crippen LogP contribution in [0.1, 0.15) is 25.3 Å². The van der Waals surface area contributed by atoms with E-state index in [0.717, 1.165) is 16.5 Å². The quantitative estimate of drug-likeness (QED) is 0.873. The molecule has 0 heterocycles. The Bertz CT molecular complexity index is 372. The van der Waals surface area contributed by atoms with E-state index >= 15 is 0 Å². The molecular formula is C13H19BrFNO. The Morgan fingerprint density at radius 2 is 2.18 bits per heavy atom. The highest BCUT2D eigenvalue weighted by atomic mass is 79.9. The van der Waals surface area contributed by atoms with Crippen molar-refractivity contribution in [3.63, 3.8) is 0 Å². The summed E-state index contributed by atoms with van der Waals surface area (Å²) in [6.07, 6.45) is 1.54. The van der Waals surface area contributed by atoms with Gasteiger partial charge in [-0.2, -0.15) is 0 Å². The molecule has 0 saturated heterocycles. The fraction of sp³-hybridized carbons (Fsp3) is 0.538. The first-order valence-corrected chi connectivity index (χ1v) is 6.55. The van der Waals surface area contributed by atoms with E-state index in [1.54, 1.807) is 7.11 Å². The van der Waals surface area contributed by atoms with Gasteiger partial charge in [0, 0.05) is 17.4 Å². The molecule has 0 amide bonds. The second kappa shape index (κ2) is 6.36. The SMILES string of the molecule is CCCC(F)(CN)Cc1cc(Br)ccc1OC. The van der Waals surface area contributed by atoms with E-state index in [1.165, 1.54) is 0 Å². The zero-order valence-electron chi connectivity index (χ0n) is 10.3. The molecule has 4 heteroatoms. The third kappa shape index (κ3) is 3.96. The second-order valence-corrected chi connectivity index (χ2v) is 5.15. The van der Waals surface area contributed by atoms with Gasteiger partial charge < -0.3 is 10.5 Å². The van der Waals surface area contributed by atoms with Gasteiger partial charge in [-0.3, -0.25) is 0 Å². The van der Waals surface area contributed by atoms with Crippen molar-refractivity contribution in [1.82, 2.24) is 0 Å². The first kappa shape index (κ1) is 14.5. The predicted molar refractivity (Wildman–Crippen MR) is 72.2 cm³/mol. The highest BCUT2D eigenvalue weighted by molar-refractivity contribution is 9.10. The minimum absolute atomic E-state index is 0.0382. The lowest BCUT2D eigenvalue weighted by Crippen LogP contribution is -2.35. The van der Waals surface area contributed by atoms with Crippen LogP contribution in [0.2, 0.25) is 0 Å². The van der Waals surface area contributed by atoms with Crippen molar-refractivity contribution in [3.05, 3.63) is 28.2 Å². The molecule has 1 aromatic rings. The molecule has 0 radical (unpaired) electrons. The van der Waals surface area contributed by atoms with Crippen molar-refractivity contribution in [2.75, 3.05) is 13.7 Å². The van der Waals surface area contributed by atoms with Crippen LogP contribution in [0.5, 0.6) is 5.75 Å². The zero-order chi connectivity index (χ0) is 12.9. The summed E-state index contributed by atoms with van der Waals surface area (Å²) in [7, 11) is 1.59. The van der Waals surface area contributed by atoms with Crippen molar-refractivity contribution in [3.8, 4) is 5.75 Å². The summed E-state index contributed by atoms with van der Waals surface area (Å²) in [5.74, 6) is 0.708. The average Bonchev–Trinajstić information content (AvgIpc) is 2.29. The van der Waals surface area contributed by atoms with Gasteiger partial charge >= 0.3 is 0 Å². The van der Waals surface area contributed by atoms with Gasteiger partial charge in [-0.15, -0.1) is 0 Å². The standard InChI is InChI=1S/C13H19BrFNO/c1-3-6-13(15,9-16)8-10-7-11(14)4-5-12(10)17-2/h4-5,7H,3,6,8-9,16H2,1-2H3. The molecule has 0 aliphatic rings. The van der Waals surface area contributed by atoms with E-state index in [2.05, 4.69) is 15.9 Å². The summed E-state index contributed by atoms with van der Waals surface area (Å²) in [4.78, 5) is 0. The number of hydrogen-bond acceptors (Lipinski definition) is 2. The second-order valence-electron chi connectivity index (χ2n) is 4.24. The maximum atomic E-state index is 14.5. The third-order valence-electron chi connectivity index (χ3n) is 2.81. The molecule has 0 aromatic heterocycles. The number of alkyl halides is 1. The van der Waals surface area contributed by atoms with Crippen LogP contribution in [0, 0.1) is 0 Å². The monoisotopic (exact) mass is 303 g/mol. The van der Waals surface area contributed by atoms with Crippen molar-refractivity contribution < 1.29 is 9.13 Å². The van der Waals surface area contributed by atoms with Crippen molar-refractivity contribution >= 4 is 15.9 Å². The minimum atomic E-state index is -1.34. The number of nitrogens with two attached hydrogens (primary N) is 1. The Kier molecular flexibility index (Phi) is 5.40. The fourth-order valence-corrected chi connectivity index (χ4v) is 2.35. The minimum Gasteiger partial charge on any atom is -0.496 e. The van der Waals surface area contributed by atoms with E-state index in [0.29, 0.717) is 18.6 Å². The summed E-state index contributed by atoms with van der Waals surface area (Å²) in [6, 6.07) is 5.60. The number of rotatable bonds is 6. The molecule has 2 N–H and O–H groups in total. The number of hydrogen-bond donors (Lipinski definition) is 1. The van der Waals surface area contributed by atoms with Crippen molar-refractivity contribution in [1.29, 1.82) is 0 Å². The molecule has 0 aliphatic heterocycles. The smallest absolute Gasteiger partial charge is 0.127 e. The molecule has 1 aromatic carbocycles. The molecule has 1 rings (SSSR count). The lowest BCUT2D eigenvalue weighted by Gasteiger charge is -2.24. The van der Waals surface area contributed by atoms with Crippen LogP contribution in [0.25, 0.3) is 0 Å². The number of halogens is 2. The number of methoxy groups -OCH3 is 1. The molecule has 2 nitrogen and oxygen atoms in total. The molecule has 0 spiro atoms. The van der Waals surface area contributed by atoms with Gasteiger partial charge in [0.15, 0.2) is 0 Å². The van der Waals surface area contributed by atoms with Gasteiger partial charge in [-0.05, 0) is 30.2 Å². The average molecular weight is 304 g/mol. The summed E-state index contributed by atoms with van der Waals surface area (Å²) < 4.78 is 20.6. The van der Waals surface area contributed by atoms with E-state index in [4.69, 9.17) is 10.5 Å². The normalized spacial score (nSPS) is 14.4. The maximum absolute atomic E-state index is 14.5. The van der Waals surface area contributed by atoms with Crippen molar-refractivity contribution in [2.45, 2.75) is 31.9 Å². The van der Waals surface area contributed by atoms with E-state index in [-0.39, 0.29) is 6.54 Å². The molecule has 17 heavy (non-hydrogen) atoms. The fourth-order valence-electron chi connectivity index (χ4n) is 1.94. The first-order chi connectivity index (χ1) is 8.04. The van der Waals surface area contributed by atoms with Crippen LogP contribution in [0.3, 0.4) is 0 Å². The largest absolute Gasteiger partial charge is 0.496 e. The van der Waals surface area contributed by atoms with Gasteiger partial charge in [0.25, 0.3) is 0 Å². The Balaban J connectivity index is 2.95. The summed E-state index contributed by atoms with van der Waals surface area (Å²) in [6.45, 7) is 2.00. The summed E-state index contributed by atoms with van der Waals surface area (Å²) in [5, 5.41) is 0. The predicted octanol–water partition coefficient (Wildman–Crippen LogP) is 3.47. The number of benzene rings is 1. The topological polar surface area (TPSA) is 35.2 Å². The van der Waals surface area contributed by atoms with Gasteiger partial charge in [0.2, 0.25) is 0 Å². The van der Waals surface area contributed by atoms with Gasteiger partial charge in [-0.1, -0.05) is 29.3 Å². The first-order valence-electron chi connectivity index (χ1n) is 5.76. The zero-order valence-corrected chi connectivity index (χ0v) is 11.9. The molecular weight excluding hydrogens is 285 g/mol. The molecule has 96 valence electrons. The van der Waals surface area contributed by atoms with Crippen LogP contribution in [0.4, 0.5) is 4.39 Å². The highest BCUT2D eigenvalue weighted by Crippen LogP contribution is 2.30. The molecule has 0 aliphatic carbocycles. The molecule has 1 atom stereocenters. The van der Waals surface area contributed by atoms with Gasteiger partial charge in [-0.25, -0.2) is 4.39 Å². The van der Waals surface area contributed by atoms with Crippen LogP contribution >= 0.6 is 15.9 Å². The Hall–Kier alpha value is -0.610. The van der Waals surface area contributed by atoms with Crippen molar-refractivity contribution in [2.24, 2.45) is 5.73 Å². The van der Waals surface area contributed by atoms with Crippen LogP contribution in [-0.2, 0) is 6.42 Å². The molecule has 0 bridgehead atoms.